The summed E-state index contributed by atoms with van der Waals surface area (Å²) in [5.41, 5.74) is 0.971. The van der Waals surface area contributed by atoms with Gasteiger partial charge in [-0.1, -0.05) is 42.1 Å². The van der Waals surface area contributed by atoms with Gasteiger partial charge in [-0.25, -0.2) is 4.98 Å². The summed E-state index contributed by atoms with van der Waals surface area (Å²) in [6.07, 6.45) is 2.08. The van der Waals surface area contributed by atoms with E-state index in [9.17, 15) is 19.5 Å². The average Bonchev–Trinajstić information content (AvgIpc) is 2.88. The number of thioether (sulfide) groups is 1. The predicted molar refractivity (Wildman–Crippen MR) is 89.7 cm³/mol. The molecule has 1 atom stereocenters. The van der Waals surface area contributed by atoms with E-state index in [1.165, 1.54) is 23.2 Å². The maximum atomic E-state index is 12.5. The highest BCUT2D eigenvalue weighted by Crippen LogP contribution is 2.32. The van der Waals surface area contributed by atoms with E-state index in [2.05, 4.69) is 4.98 Å². The Hall–Kier alpha value is -2.67. The van der Waals surface area contributed by atoms with E-state index in [0.717, 1.165) is 17.3 Å². The third kappa shape index (κ3) is 3.88. The molecular formula is C18H15N2O4S-. The van der Waals surface area contributed by atoms with Gasteiger partial charge in [0.1, 0.15) is 5.03 Å². The minimum Gasteiger partial charge on any atom is -0.545 e. The van der Waals surface area contributed by atoms with E-state index >= 15 is 0 Å². The number of pyridine rings is 1. The normalized spacial score (nSPS) is 17.1. The lowest BCUT2D eigenvalue weighted by atomic mass is 10.1. The first-order chi connectivity index (χ1) is 12.1. The number of likely N-dealkylation sites (tertiary alicyclic amines) is 1. The Morgan fingerprint density at radius 1 is 1.20 bits per heavy atom. The van der Waals surface area contributed by atoms with Gasteiger partial charge >= 0.3 is 0 Å². The van der Waals surface area contributed by atoms with Gasteiger partial charge in [-0.2, -0.15) is 0 Å². The van der Waals surface area contributed by atoms with Gasteiger partial charge in [-0.05, 0) is 24.1 Å². The molecule has 128 valence electrons. The van der Waals surface area contributed by atoms with Crippen LogP contribution in [0.25, 0.3) is 0 Å². The zero-order valence-corrected chi connectivity index (χ0v) is 14.1. The van der Waals surface area contributed by atoms with Gasteiger partial charge in [0.05, 0.1) is 11.2 Å². The number of rotatable bonds is 6. The summed E-state index contributed by atoms with van der Waals surface area (Å²) in [6.45, 7) is 0.314. The largest absolute Gasteiger partial charge is 0.545 e. The van der Waals surface area contributed by atoms with Crippen LogP contribution < -0.4 is 5.11 Å². The first-order valence-electron chi connectivity index (χ1n) is 7.77. The Kier molecular flexibility index (Phi) is 5.14. The van der Waals surface area contributed by atoms with Crippen LogP contribution in [-0.4, -0.2) is 39.5 Å². The minimum atomic E-state index is -1.35. The molecule has 7 heteroatoms. The molecule has 6 nitrogen and oxygen atoms in total. The fourth-order valence-corrected chi connectivity index (χ4v) is 3.76. The molecule has 0 N–H and O–H groups in total. The highest BCUT2D eigenvalue weighted by atomic mass is 32.2. The lowest BCUT2D eigenvalue weighted by Crippen LogP contribution is -2.33. The molecule has 1 fully saturated rings. The van der Waals surface area contributed by atoms with Crippen molar-refractivity contribution in [2.24, 2.45) is 0 Å². The molecule has 0 unspecified atom stereocenters. The highest BCUT2D eigenvalue weighted by molar-refractivity contribution is 8.00. The summed E-state index contributed by atoms with van der Waals surface area (Å²) in [4.78, 5) is 41.1. The number of hydrogen-bond acceptors (Lipinski definition) is 6. The van der Waals surface area contributed by atoms with Gasteiger partial charge in [0.25, 0.3) is 0 Å². The summed E-state index contributed by atoms with van der Waals surface area (Å²) < 4.78 is 0. The number of benzene rings is 1. The Morgan fingerprint density at radius 2 is 1.96 bits per heavy atom. The van der Waals surface area contributed by atoms with E-state index in [4.69, 9.17) is 0 Å². The van der Waals surface area contributed by atoms with Gasteiger partial charge in [0.15, 0.2) is 0 Å². The zero-order chi connectivity index (χ0) is 17.8. The third-order valence-corrected chi connectivity index (χ3v) is 5.12. The number of carboxylic acids is 1. The number of aromatic carboxylic acids is 1. The van der Waals surface area contributed by atoms with Crippen molar-refractivity contribution in [1.82, 2.24) is 9.88 Å². The van der Waals surface area contributed by atoms with Crippen molar-refractivity contribution in [2.45, 2.75) is 23.1 Å². The standard InChI is InChI=1S/C18H16N2O4S/c21-15-11-14(25-16-13(18(23)24)7-4-9-19-16)17(22)20(15)10-8-12-5-2-1-3-6-12/h1-7,9,14H,8,10-11H2,(H,23,24)/p-1/t14-/m0/s1. The molecule has 1 aliphatic heterocycles. The van der Waals surface area contributed by atoms with Crippen LogP contribution in [0.5, 0.6) is 0 Å². The van der Waals surface area contributed by atoms with Crippen LogP contribution in [-0.2, 0) is 16.0 Å². The third-order valence-electron chi connectivity index (χ3n) is 3.91. The van der Waals surface area contributed by atoms with Crippen LogP contribution in [0.4, 0.5) is 0 Å². The molecule has 0 radical (unpaired) electrons. The van der Waals surface area contributed by atoms with Crippen molar-refractivity contribution >= 4 is 29.5 Å². The van der Waals surface area contributed by atoms with E-state index in [1.807, 2.05) is 30.3 Å². The van der Waals surface area contributed by atoms with Gasteiger partial charge < -0.3 is 9.90 Å². The van der Waals surface area contributed by atoms with E-state index < -0.39 is 11.2 Å². The van der Waals surface area contributed by atoms with Crippen molar-refractivity contribution in [3.05, 3.63) is 59.8 Å². The smallest absolute Gasteiger partial charge is 0.243 e. The summed E-state index contributed by atoms with van der Waals surface area (Å²) in [7, 11) is 0. The first kappa shape index (κ1) is 17.2. The Balaban J connectivity index is 1.68. The number of carboxylic acid groups (broad SMARTS) is 1. The molecule has 0 saturated carbocycles. The fraction of sp³-hybridized carbons (Fsp3) is 0.222. The van der Waals surface area contributed by atoms with Gasteiger partial charge in [0, 0.05) is 24.7 Å². The lowest BCUT2D eigenvalue weighted by Gasteiger charge is -2.15. The monoisotopic (exact) mass is 355 g/mol. The van der Waals surface area contributed by atoms with E-state index in [1.54, 1.807) is 0 Å². The number of carbonyl (C=O) groups is 3. The number of hydrogen-bond donors (Lipinski definition) is 0. The van der Waals surface area contributed by atoms with E-state index in [-0.39, 0.29) is 28.8 Å². The number of carbonyl (C=O) groups excluding carboxylic acids is 3. The number of imide groups is 1. The van der Waals surface area contributed by atoms with Crippen molar-refractivity contribution in [1.29, 1.82) is 0 Å². The first-order valence-corrected chi connectivity index (χ1v) is 8.65. The van der Waals surface area contributed by atoms with Crippen molar-refractivity contribution in [2.75, 3.05) is 6.54 Å². The molecular weight excluding hydrogens is 340 g/mol. The maximum absolute atomic E-state index is 12.5. The topological polar surface area (TPSA) is 90.4 Å². The predicted octanol–water partition coefficient (Wildman–Crippen LogP) is 0.907. The molecule has 0 bridgehead atoms. The van der Waals surface area contributed by atoms with Crippen molar-refractivity contribution in [3.63, 3.8) is 0 Å². The second kappa shape index (κ2) is 7.48. The maximum Gasteiger partial charge on any atom is 0.243 e. The van der Waals surface area contributed by atoms with Crippen LogP contribution in [0.15, 0.2) is 53.7 Å². The van der Waals surface area contributed by atoms with Crippen LogP contribution in [0.1, 0.15) is 22.3 Å². The van der Waals surface area contributed by atoms with Crippen LogP contribution in [0.3, 0.4) is 0 Å². The highest BCUT2D eigenvalue weighted by Gasteiger charge is 2.39. The Labute approximate surface area is 148 Å². The second-order valence-electron chi connectivity index (χ2n) is 5.57. The minimum absolute atomic E-state index is 0.0430. The van der Waals surface area contributed by atoms with E-state index in [0.29, 0.717) is 13.0 Å². The molecule has 25 heavy (non-hydrogen) atoms. The Bertz CT molecular complexity index is 810. The number of aromatic nitrogens is 1. The molecule has 0 aliphatic carbocycles. The molecule has 3 rings (SSSR count). The van der Waals surface area contributed by atoms with Crippen LogP contribution >= 0.6 is 11.8 Å². The van der Waals surface area contributed by atoms with Gasteiger partial charge in [0.2, 0.25) is 11.8 Å². The van der Waals surface area contributed by atoms with Crippen LogP contribution in [0, 0.1) is 0 Å². The average molecular weight is 355 g/mol. The quantitative estimate of drug-likeness (QED) is 0.716. The Morgan fingerprint density at radius 3 is 2.68 bits per heavy atom. The molecule has 2 amide bonds. The molecule has 0 spiro atoms. The summed E-state index contributed by atoms with van der Waals surface area (Å²) in [5, 5.41) is 10.7. The van der Waals surface area contributed by atoms with Crippen molar-refractivity contribution in [3.8, 4) is 0 Å². The molecule has 2 heterocycles. The number of nitrogens with zero attached hydrogens (tertiary/aromatic N) is 2. The summed E-state index contributed by atoms with van der Waals surface area (Å²) in [5.74, 6) is -1.90. The van der Waals surface area contributed by atoms with Crippen LogP contribution in [0.2, 0.25) is 0 Å². The SMILES string of the molecule is O=C([O-])c1cccnc1S[C@H]1CC(=O)N(CCc2ccccc2)C1=O. The summed E-state index contributed by atoms with van der Waals surface area (Å²) in [6, 6.07) is 12.5. The molecule has 2 aromatic rings. The molecule has 1 aliphatic rings. The fourth-order valence-electron chi connectivity index (χ4n) is 2.64. The van der Waals surface area contributed by atoms with Gasteiger partial charge in [-0.15, -0.1) is 0 Å². The number of amides is 2. The summed E-state index contributed by atoms with van der Waals surface area (Å²) >= 11 is 0.999. The molecule has 1 saturated heterocycles. The lowest BCUT2D eigenvalue weighted by molar-refractivity contribution is -0.255. The zero-order valence-electron chi connectivity index (χ0n) is 13.3. The molecule has 1 aromatic heterocycles. The second-order valence-corrected chi connectivity index (χ2v) is 6.76. The molecule has 1 aromatic carbocycles. The van der Waals surface area contributed by atoms with Gasteiger partial charge in [-0.3, -0.25) is 14.5 Å². The van der Waals surface area contributed by atoms with Crippen molar-refractivity contribution < 1.29 is 19.5 Å².